The lowest BCUT2D eigenvalue weighted by Crippen LogP contribution is -2.25. The molecule has 0 amide bonds. The molecule has 0 aliphatic carbocycles. The number of rotatable bonds is 7. The van der Waals surface area contributed by atoms with Crippen LogP contribution in [0.5, 0.6) is 12.0 Å². The van der Waals surface area contributed by atoms with E-state index >= 15 is 0 Å². The number of ether oxygens (including phenoxy) is 3. The minimum absolute atomic E-state index is 0.0782. The molecule has 1 aromatic rings. The molecule has 0 unspecified atom stereocenters. The molecule has 0 saturated heterocycles. The van der Waals surface area contributed by atoms with Crippen molar-refractivity contribution < 1.29 is 14.2 Å². The van der Waals surface area contributed by atoms with E-state index in [-0.39, 0.29) is 23.6 Å². The minimum atomic E-state index is -0.249. The van der Waals surface area contributed by atoms with E-state index in [2.05, 4.69) is 15.0 Å². The normalized spacial score (nSPS) is 11.3. The van der Waals surface area contributed by atoms with Crippen LogP contribution in [0.1, 0.15) is 27.2 Å². The van der Waals surface area contributed by atoms with Crippen LogP contribution in [0.15, 0.2) is 0 Å². The largest absolute Gasteiger partial charge is 0.464 e. The maximum absolute atomic E-state index is 5.53. The van der Waals surface area contributed by atoms with Gasteiger partial charge in [-0.1, -0.05) is 0 Å². The molecule has 18 heavy (non-hydrogen) atoms. The zero-order valence-corrected chi connectivity index (χ0v) is 11.3. The molecule has 1 aromatic heterocycles. The maximum atomic E-state index is 5.53. The summed E-state index contributed by atoms with van der Waals surface area (Å²) in [6.07, 6.45) is 0.707. The van der Waals surface area contributed by atoms with Gasteiger partial charge in [-0.05, 0) is 20.8 Å². The SMILES string of the molecule is CCOc1nc(N)nc(OCCC(C)(C)OC)n1. The zero-order valence-electron chi connectivity index (χ0n) is 11.3. The summed E-state index contributed by atoms with van der Waals surface area (Å²) >= 11 is 0. The Kier molecular flexibility index (Phi) is 5.08. The van der Waals surface area contributed by atoms with Crippen LogP contribution in [-0.4, -0.2) is 40.9 Å². The van der Waals surface area contributed by atoms with Crippen molar-refractivity contribution in [3.8, 4) is 12.0 Å². The van der Waals surface area contributed by atoms with Gasteiger partial charge in [-0.2, -0.15) is 9.97 Å². The van der Waals surface area contributed by atoms with Gasteiger partial charge in [0, 0.05) is 13.5 Å². The van der Waals surface area contributed by atoms with Gasteiger partial charge in [-0.25, -0.2) is 0 Å². The lowest BCUT2D eigenvalue weighted by Gasteiger charge is -2.22. The first-order valence-electron chi connectivity index (χ1n) is 5.79. The molecule has 0 aliphatic heterocycles. The van der Waals surface area contributed by atoms with Gasteiger partial charge in [0.25, 0.3) is 0 Å². The average Bonchev–Trinajstić information content (AvgIpc) is 2.28. The molecule has 0 aliphatic rings. The van der Waals surface area contributed by atoms with E-state index in [1.165, 1.54) is 0 Å². The van der Waals surface area contributed by atoms with Crippen LogP contribution in [0.2, 0.25) is 0 Å². The molecule has 1 heterocycles. The molecular weight excluding hydrogens is 236 g/mol. The highest BCUT2D eigenvalue weighted by Gasteiger charge is 2.16. The number of aromatic nitrogens is 3. The van der Waals surface area contributed by atoms with Crippen molar-refractivity contribution in [3.63, 3.8) is 0 Å². The second-order valence-corrected chi connectivity index (χ2v) is 4.25. The van der Waals surface area contributed by atoms with E-state index in [4.69, 9.17) is 19.9 Å². The third-order valence-corrected chi connectivity index (χ3v) is 2.37. The van der Waals surface area contributed by atoms with Crippen LogP contribution in [0.25, 0.3) is 0 Å². The maximum Gasteiger partial charge on any atom is 0.324 e. The summed E-state index contributed by atoms with van der Waals surface area (Å²) in [7, 11) is 1.66. The highest BCUT2D eigenvalue weighted by Crippen LogP contribution is 2.15. The summed E-state index contributed by atoms with van der Waals surface area (Å²) in [5.74, 6) is 0.0782. The smallest absolute Gasteiger partial charge is 0.324 e. The van der Waals surface area contributed by atoms with E-state index in [1.54, 1.807) is 7.11 Å². The van der Waals surface area contributed by atoms with Gasteiger partial charge in [0.2, 0.25) is 5.95 Å². The zero-order chi connectivity index (χ0) is 13.6. The Morgan fingerprint density at radius 3 is 2.28 bits per heavy atom. The van der Waals surface area contributed by atoms with Crippen LogP contribution >= 0.6 is 0 Å². The Morgan fingerprint density at radius 2 is 1.72 bits per heavy atom. The van der Waals surface area contributed by atoms with Crippen LogP contribution in [0.3, 0.4) is 0 Å². The number of nitrogens with zero attached hydrogens (tertiary/aromatic N) is 3. The van der Waals surface area contributed by atoms with Crippen LogP contribution < -0.4 is 15.2 Å². The Labute approximate surface area is 107 Å². The first-order chi connectivity index (χ1) is 8.46. The monoisotopic (exact) mass is 256 g/mol. The Morgan fingerprint density at radius 1 is 1.11 bits per heavy atom. The summed E-state index contributed by atoms with van der Waals surface area (Å²) in [6.45, 7) is 6.67. The van der Waals surface area contributed by atoms with E-state index < -0.39 is 0 Å². The fourth-order valence-electron chi connectivity index (χ4n) is 1.10. The second kappa shape index (κ2) is 6.34. The number of anilines is 1. The summed E-state index contributed by atoms with van der Waals surface area (Å²) in [5, 5.41) is 0. The molecule has 2 N–H and O–H groups in total. The number of nitrogens with two attached hydrogens (primary N) is 1. The van der Waals surface area contributed by atoms with Crippen LogP contribution in [-0.2, 0) is 4.74 Å². The van der Waals surface area contributed by atoms with Gasteiger partial charge in [0.1, 0.15) is 0 Å². The summed E-state index contributed by atoms with van der Waals surface area (Å²) in [6, 6.07) is 0.337. The second-order valence-electron chi connectivity index (χ2n) is 4.25. The van der Waals surface area contributed by atoms with Gasteiger partial charge in [-0.3, -0.25) is 0 Å². The quantitative estimate of drug-likeness (QED) is 0.779. The van der Waals surface area contributed by atoms with Crippen molar-refractivity contribution >= 4 is 5.95 Å². The molecule has 0 radical (unpaired) electrons. The van der Waals surface area contributed by atoms with Gasteiger partial charge in [0.05, 0.1) is 18.8 Å². The lowest BCUT2D eigenvalue weighted by atomic mass is 10.1. The predicted octanol–water partition coefficient (Wildman–Crippen LogP) is 1.05. The molecular formula is C11H20N4O3. The number of hydrogen-bond acceptors (Lipinski definition) is 7. The van der Waals surface area contributed by atoms with Crippen LogP contribution in [0, 0.1) is 0 Å². The number of hydrogen-bond donors (Lipinski definition) is 1. The molecule has 7 heteroatoms. The van der Waals surface area contributed by atoms with Gasteiger partial charge in [-0.15, -0.1) is 4.98 Å². The highest BCUT2D eigenvalue weighted by molar-refractivity contribution is 5.20. The van der Waals surface area contributed by atoms with Crippen LogP contribution in [0.4, 0.5) is 5.95 Å². The predicted molar refractivity (Wildman–Crippen MR) is 66.6 cm³/mol. The molecule has 0 spiro atoms. The van der Waals surface area contributed by atoms with Crippen molar-refractivity contribution in [2.24, 2.45) is 0 Å². The third kappa shape index (κ3) is 4.70. The summed E-state index contributed by atoms with van der Waals surface area (Å²) < 4.78 is 15.8. The highest BCUT2D eigenvalue weighted by atomic mass is 16.5. The Balaban J connectivity index is 2.56. The molecule has 1 rings (SSSR count). The number of nitrogen functional groups attached to an aromatic ring is 1. The molecule has 7 nitrogen and oxygen atoms in total. The number of methoxy groups -OCH3 is 1. The Hall–Kier alpha value is -1.63. The molecule has 102 valence electrons. The topological polar surface area (TPSA) is 92.4 Å². The van der Waals surface area contributed by atoms with Crippen molar-refractivity contribution in [2.45, 2.75) is 32.8 Å². The third-order valence-electron chi connectivity index (χ3n) is 2.37. The van der Waals surface area contributed by atoms with Gasteiger partial charge in [0.15, 0.2) is 0 Å². The van der Waals surface area contributed by atoms with E-state index in [1.807, 2.05) is 20.8 Å². The van der Waals surface area contributed by atoms with E-state index in [0.717, 1.165) is 0 Å². The Bertz CT molecular complexity index is 385. The first kappa shape index (κ1) is 14.4. The van der Waals surface area contributed by atoms with Crippen molar-refractivity contribution in [3.05, 3.63) is 0 Å². The fraction of sp³-hybridized carbons (Fsp3) is 0.727. The summed E-state index contributed by atoms with van der Waals surface area (Å²) in [5.41, 5.74) is 5.28. The van der Waals surface area contributed by atoms with Gasteiger partial charge < -0.3 is 19.9 Å². The van der Waals surface area contributed by atoms with E-state index in [0.29, 0.717) is 19.6 Å². The molecule has 0 saturated carbocycles. The molecule has 0 aromatic carbocycles. The molecule has 0 atom stereocenters. The summed E-state index contributed by atoms with van der Waals surface area (Å²) in [4.78, 5) is 11.7. The lowest BCUT2D eigenvalue weighted by molar-refractivity contribution is 0.00461. The average molecular weight is 256 g/mol. The first-order valence-corrected chi connectivity index (χ1v) is 5.79. The minimum Gasteiger partial charge on any atom is -0.464 e. The van der Waals surface area contributed by atoms with Crippen molar-refractivity contribution in [2.75, 3.05) is 26.1 Å². The standard InChI is InChI=1S/C11H20N4O3/c1-5-17-9-13-8(12)14-10(15-9)18-7-6-11(2,3)16-4/h5-7H2,1-4H3,(H2,12,13,14,15). The van der Waals surface area contributed by atoms with Crippen molar-refractivity contribution in [1.82, 2.24) is 15.0 Å². The molecule has 0 bridgehead atoms. The molecule has 0 fully saturated rings. The van der Waals surface area contributed by atoms with Crippen molar-refractivity contribution in [1.29, 1.82) is 0 Å². The van der Waals surface area contributed by atoms with Gasteiger partial charge >= 0.3 is 12.0 Å². The van der Waals surface area contributed by atoms with E-state index in [9.17, 15) is 0 Å². The fourth-order valence-corrected chi connectivity index (χ4v) is 1.10.